The Balaban J connectivity index is 1.40. The molecular formula is C22H18N4O2. The molecular weight excluding hydrogens is 352 g/mol. The molecule has 0 aliphatic carbocycles. The lowest BCUT2D eigenvalue weighted by atomic mass is 10.2. The van der Waals surface area contributed by atoms with Crippen molar-refractivity contribution in [1.29, 1.82) is 0 Å². The van der Waals surface area contributed by atoms with Gasteiger partial charge in [0.1, 0.15) is 12.4 Å². The second-order valence-corrected chi connectivity index (χ2v) is 6.11. The van der Waals surface area contributed by atoms with Crippen LogP contribution in [-0.2, 0) is 6.61 Å². The molecule has 0 atom stereocenters. The summed E-state index contributed by atoms with van der Waals surface area (Å²) in [6.07, 6.45) is 5.09. The number of nitrogens with one attached hydrogen (secondary N) is 1. The number of nitrogens with zero attached hydrogens (tertiary/aromatic N) is 3. The normalized spacial score (nSPS) is 10.4. The summed E-state index contributed by atoms with van der Waals surface area (Å²) in [6.45, 7) is 0.449. The van der Waals surface area contributed by atoms with Gasteiger partial charge in [-0.1, -0.05) is 36.4 Å². The van der Waals surface area contributed by atoms with Crippen LogP contribution in [0.15, 0.2) is 91.4 Å². The molecule has 4 rings (SSSR count). The van der Waals surface area contributed by atoms with E-state index in [-0.39, 0.29) is 5.91 Å². The number of hydrogen-bond acceptors (Lipinski definition) is 4. The Bertz CT molecular complexity index is 1050. The van der Waals surface area contributed by atoms with Crippen molar-refractivity contribution in [2.24, 2.45) is 0 Å². The molecule has 4 aromatic rings. The Kier molecular flexibility index (Phi) is 5.11. The third kappa shape index (κ3) is 4.24. The highest BCUT2D eigenvalue weighted by molar-refractivity contribution is 6.04. The number of ether oxygens (including phenoxy) is 1. The zero-order valence-electron chi connectivity index (χ0n) is 15.0. The Morgan fingerprint density at radius 2 is 1.89 bits per heavy atom. The standard InChI is InChI=1S/C22H18N4O2/c27-22(25-19-10-11-21(23-15-19)26-13-5-12-24-26)18-8-4-9-20(14-18)28-16-17-6-2-1-3-7-17/h1-15H,16H2,(H,25,27). The molecule has 0 spiro atoms. The zero-order valence-corrected chi connectivity index (χ0v) is 15.0. The number of hydrogen-bond donors (Lipinski definition) is 1. The number of rotatable bonds is 6. The van der Waals surface area contributed by atoms with E-state index in [2.05, 4.69) is 15.4 Å². The Hall–Kier alpha value is -3.93. The zero-order chi connectivity index (χ0) is 19.2. The fourth-order valence-corrected chi connectivity index (χ4v) is 2.67. The second-order valence-electron chi connectivity index (χ2n) is 6.11. The van der Waals surface area contributed by atoms with Crippen LogP contribution < -0.4 is 10.1 Å². The van der Waals surface area contributed by atoms with Gasteiger partial charge in [0.2, 0.25) is 0 Å². The third-order valence-electron chi connectivity index (χ3n) is 4.09. The lowest BCUT2D eigenvalue weighted by Crippen LogP contribution is -2.12. The lowest BCUT2D eigenvalue weighted by Gasteiger charge is -2.09. The van der Waals surface area contributed by atoms with Crippen LogP contribution in [0.2, 0.25) is 0 Å². The number of aromatic nitrogens is 3. The van der Waals surface area contributed by atoms with Crippen molar-refractivity contribution in [2.75, 3.05) is 5.32 Å². The molecule has 0 saturated heterocycles. The number of amides is 1. The summed E-state index contributed by atoms with van der Waals surface area (Å²) in [6, 6.07) is 22.4. The van der Waals surface area contributed by atoms with Crippen molar-refractivity contribution in [3.05, 3.63) is 103 Å². The highest BCUT2D eigenvalue weighted by Crippen LogP contribution is 2.17. The van der Waals surface area contributed by atoms with E-state index < -0.39 is 0 Å². The molecule has 6 nitrogen and oxygen atoms in total. The fraction of sp³-hybridized carbons (Fsp3) is 0.0455. The molecule has 0 bridgehead atoms. The molecule has 2 aromatic heterocycles. The first kappa shape index (κ1) is 17.5. The van der Waals surface area contributed by atoms with E-state index in [0.717, 1.165) is 5.56 Å². The van der Waals surface area contributed by atoms with Crippen molar-refractivity contribution in [2.45, 2.75) is 6.61 Å². The van der Waals surface area contributed by atoms with E-state index in [1.807, 2.05) is 48.7 Å². The molecule has 2 heterocycles. The van der Waals surface area contributed by atoms with Gasteiger partial charge in [0.05, 0.1) is 11.9 Å². The van der Waals surface area contributed by atoms with Gasteiger partial charge in [-0.05, 0) is 42.0 Å². The molecule has 0 radical (unpaired) electrons. The summed E-state index contributed by atoms with van der Waals surface area (Å²) in [7, 11) is 0. The topological polar surface area (TPSA) is 69.0 Å². The van der Waals surface area contributed by atoms with Gasteiger partial charge in [0, 0.05) is 18.0 Å². The minimum atomic E-state index is -0.223. The van der Waals surface area contributed by atoms with E-state index in [0.29, 0.717) is 29.4 Å². The average Bonchev–Trinajstić information content (AvgIpc) is 3.29. The first-order valence-corrected chi connectivity index (χ1v) is 8.82. The summed E-state index contributed by atoms with van der Waals surface area (Å²) in [5.74, 6) is 1.10. The quantitative estimate of drug-likeness (QED) is 0.555. The van der Waals surface area contributed by atoms with Gasteiger partial charge < -0.3 is 10.1 Å². The lowest BCUT2D eigenvalue weighted by molar-refractivity contribution is 0.102. The summed E-state index contributed by atoms with van der Waals surface area (Å²) >= 11 is 0. The van der Waals surface area contributed by atoms with Gasteiger partial charge in [-0.2, -0.15) is 5.10 Å². The highest BCUT2D eigenvalue weighted by Gasteiger charge is 2.08. The summed E-state index contributed by atoms with van der Waals surface area (Å²) in [5, 5.41) is 6.97. The van der Waals surface area contributed by atoms with Crippen LogP contribution in [-0.4, -0.2) is 20.7 Å². The van der Waals surface area contributed by atoms with Crippen LogP contribution in [0.4, 0.5) is 5.69 Å². The molecule has 1 amide bonds. The fourth-order valence-electron chi connectivity index (χ4n) is 2.67. The van der Waals surface area contributed by atoms with Crippen LogP contribution in [0.3, 0.4) is 0 Å². The minimum Gasteiger partial charge on any atom is -0.489 e. The molecule has 0 unspecified atom stereocenters. The van der Waals surface area contributed by atoms with Gasteiger partial charge in [-0.15, -0.1) is 0 Å². The van der Waals surface area contributed by atoms with E-state index in [1.54, 1.807) is 47.4 Å². The molecule has 2 aromatic carbocycles. The van der Waals surface area contributed by atoms with Crippen molar-refractivity contribution >= 4 is 11.6 Å². The van der Waals surface area contributed by atoms with Crippen molar-refractivity contribution < 1.29 is 9.53 Å². The maximum Gasteiger partial charge on any atom is 0.255 e. The molecule has 1 N–H and O–H groups in total. The average molecular weight is 370 g/mol. The molecule has 0 aliphatic heterocycles. The highest BCUT2D eigenvalue weighted by atomic mass is 16.5. The van der Waals surface area contributed by atoms with Gasteiger partial charge in [-0.25, -0.2) is 9.67 Å². The van der Waals surface area contributed by atoms with Crippen molar-refractivity contribution in [3.63, 3.8) is 0 Å². The summed E-state index contributed by atoms with van der Waals surface area (Å²) in [4.78, 5) is 16.9. The maximum absolute atomic E-state index is 12.5. The van der Waals surface area contributed by atoms with Gasteiger partial charge >= 0.3 is 0 Å². The van der Waals surface area contributed by atoms with E-state index in [9.17, 15) is 4.79 Å². The largest absolute Gasteiger partial charge is 0.489 e. The molecule has 138 valence electrons. The summed E-state index contributed by atoms with van der Waals surface area (Å²) in [5.41, 5.74) is 2.19. The number of pyridine rings is 1. The first-order chi connectivity index (χ1) is 13.8. The molecule has 0 saturated carbocycles. The smallest absolute Gasteiger partial charge is 0.255 e. The van der Waals surface area contributed by atoms with Crippen LogP contribution in [0, 0.1) is 0 Å². The predicted octanol–water partition coefficient (Wildman–Crippen LogP) is 4.10. The van der Waals surface area contributed by atoms with Crippen molar-refractivity contribution in [3.8, 4) is 11.6 Å². The molecule has 0 fully saturated rings. The van der Waals surface area contributed by atoms with Crippen LogP contribution in [0.1, 0.15) is 15.9 Å². The SMILES string of the molecule is O=C(Nc1ccc(-n2cccn2)nc1)c1cccc(OCc2ccccc2)c1. The van der Waals surface area contributed by atoms with Crippen LogP contribution >= 0.6 is 0 Å². The number of anilines is 1. The van der Waals surface area contributed by atoms with Crippen LogP contribution in [0.5, 0.6) is 5.75 Å². The summed E-state index contributed by atoms with van der Waals surface area (Å²) < 4.78 is 7.44. The minimum absolute atomic E-state index is 0.223. The number of carbonyl (C=O) groups excluding carboxylic acids is 1. The Morgan fingerprint density at radius 3 is 2.64 bits per heavy atom. The first-order valence-electron chi connectivity index (χ1n) is 8.82. The Morgan fingerprint density at radius 1 is 1.00 bits per heavy atom. The third-order valence-corrected chi connectivity index (χ3v) is 4.09. The van der Waals surface area contributed by atoms with E-state index in [1.165, 1.54) is 0 Å². The molecule has 0 aliphatic rings. The maximum atomic E-state index is 12.5. The van der Waals surface area contributed by atoms with Crippen molar-refractivity contribution in [1.82, 2.24) is 14.8 Å². The predicted molar refractivity (Wildman–Crippen MR) is 107 cm³/mol. The monoisotopic (exact) mass is 370 g/mol. The van der Waals surface area contributed by atoms with Gasteiger partial charge in [-0.3, -0.25) is 4.79 Å². The molecule has 28 heavy (non-hydrogen) atoms. The number of carbonyl (C=O) groups is 1. The Labute approximate surface area is 162 Å². The second kappa shape index (κ2) is 8.18. The number of benzene rings is 2. The van der Waals surface area contributed by atoms with E-state index in [4.69, 9.17) is 4.74 Å². The van der Waals surface area contributed by atoms with Crippen LogP contribution in [0.25, 0.3) is 5.82 Å². The van der Waals surface area contributed by atoms with Gasteiger partial charge in [0.15, 0.2) is 5.82 Å². The van der Waals surface area contributed by atoms with Gasteiger partial charge in [0.25, 0.3) is 5.91 Å². The van der Waals surface area contributed by atoms with E-state index >= 15 is 0 Å². The molecule has 6 heteroatoms.